The molecule has 2 aromatic rings. The monoisotopic (exact) mass is 277 g/mol. The lowest BCUT2D eigenvalue weighted by atomic mass is 10.2. The predicted molar refractivity (Wildman–Crippen MR) is 73.6 cm³/mol. The molecule has 100 valence electrons. The van der Waals surface area contributed by atoms with Gasteiger partial charge in [-0.15, -0.1) is 0 Å². The second-order valence-corrected chi connectivity index (χ2v) is 6.47. The molecular weight excluding hydrogens is 262 g/mol. The molecule has 0 saturated heterocycles. The Hall–Kier alpha value is -1.88. The van der Waals surface area contributed by atoms with Crippen LogP contribution in [0.1, 0.15) is 11.1 Å². The van der Waals surface area contributed by atoms with E-state index in [-0.39, 0.29) is 5.75 Å². The molecule has 1 aromatic carbocycles. The summed E-state index contributed by atoms with van der Waals surface area (Å²) in [6.45, 7) is 0.404. The maximum absolute atomic E-state index is 11.3. The Labute approximate surface area is 113 Å². The number of sulfone groups is 1. The number of benzene rings is 1. The summed E-state index contributed by atoms with van der Waals surface area (Å²) in [6.07, 6.45) is 4.31. The molecular formula is C14H15NO3S. The molecule has 2 rings (SSSR count). The molecule has 0 spiro atoms. The molecule has 0 amide bonds. The summed E-state index contributed by atoms with van der Waals surface area (Å²) in [5, 5.41) is 0. The molecule has 0 atom stereocenters. The van der Waals surface area contributed by atoms with Gasteiger partial charge in [-0.1, -0.05) is 30.3 Å². The Morgan fingerprint density at radius 3 is 2.58 bits per heavy atom. The SMILES string of the molecule is CS(=O)(=O)Cc1cnccc1OCc1ccccc1. The van der Waals surface area contributed by atoms with E-state index in [9.17, 15) is 8.42 Å². The molecule has 1 aromatic heterocycles. The summed E-state index contributed by atoms with van der Waals surface area (Å²) >= 11 is 0. The van der Waals surface area contributed by atoms with E-state index in [2.05, 4.69) is 4.98 Å². The van der Waals surface area contributed by atoms with E-state index in [1.165, 1.54) is 12.5 Å². The van der Waals surface area contributed by atoms with Crippen LogP contribution in [0.25, 0.3) is 0 Å². The second-order valence-electron chi connectivity index (χ2n) is 4.33. The normalized spacial score (nSPS) is 11.2. The van der Waals surface area contributed by atoms with Crippen LogP contribution in [-0.2, 0) is 22.2 Å². The number of pyridine rings is 1. The van der Waals surface area contributed by atoms with Crippen LogP contribution in [0, 0.1) is 0 Å². The molecule has 0 N–H and O–H groups in total. The van der Waals surface area contributed by atoms with Gasteiger partial charge in [-0.3, -0.25) is 4.98 Å². The zero-order valence-corrected chi connectivity index (χ0v) is 11.4. The number of ether oxygens (including phenoxy) is 1. The lowest BCUT2D eigenvalue weighted by molar-refractivity contribution is 0.303. The predicted octanol–water partition coefficient (Wildman–Crippen LogP) is 2.21. The number of nitrogens with zero attached hydrogens (tertiary/aromatic N) is 1. The fraction of sp³-hybridized carbons (Fsp3) is 0.214. The topological polar surface area (TPSA) is 56.3 Å². The lowest BCUT2D eigenvalue weighted by Crippen LogP contribution is -2.04. The van der Waals surface area contributed by atoms with E-state index in [1.807, 2.05) is 30.3 Å². The summed E-state index contributed by atoms with van der Waals surface area (Å²) in [5.74, 6) is 0.495. The molecule has 0 unspecified atom stereocenters. The van der Waals surface area contributed by atoms with Gasteiger partial charge in [-0.25, -0.2) is 8.42 Å². The van der Waals surface area contributed by atoms with Crippen LogP contribution in [0.4, 0.5) is 0 Å². The van der Waals surface area contributed by atoms with Gasteiger partial charge in [0.2, 0.25) is 0 Å². The minimum absolute atomic E-state index is 0.0645. The van der Waals surface area contributed by atoms with Crippen molar-refractivity contribution in [2.75, 3.05) is 6.26 Å². The minimum Gasteiger partial charge on any atom is -0.488 e. The van der Waals surface area contributed by atoms with Crippen LogP contribution < -0.4 is 4.74 Å². The number of rotatable bonds is 5. The van der Waals surface area contributed by atoms with Crippen LogP contribution in [0.5, 0.6) is 5.75 Å². The van der Waals surface area contributed by atoms with Crippen molar-refractivity contribution in [3.05, 3.63) is 59.9 Å². The molecule has 4 nitrogen and oxygen atoms in total. The van der Waals surface area contributed by atoms with E-state index in [0.717, 1.165) is 5.56 Å². The third-order valence-electron chi connectivity index (χ3n) is 2.51. The largest absolute Gasteiger partial charge is 0.488 e. The Morgan fingerprint density at radius 2 is 1.89 bits per heavy atom. The summed E-state index contributed by atoms with van der Waals surface area (Å²) in [7, 11) is -3.10. The molecule has 1 heterocycles. The van der Waals surface area contributed by atoms with Crippen LogP contribution in [0.3, 0.4) is 0 Å². The van der Waals surface area contributed by atoms with Gasteiger partial charge in [0.05, 0.1) is 5.75 Å². The fourth-order valence-electron chi connectivity index (χ4n) is 1.68. The highest BCUT2D eigenvalue weighted by atomic mass is 32.2. The standard InChI is InChI=1S/C14H15NO3S/c1-19(16,17)11-13-9-15-8-7-14(13)18-10-12-5-3-2-4-6-12/h2-9H,10-11H2,1H3. The van der Waals surface area contributed by atoms with E-state index in [1.54, 1.807) is 12.3 Å². The quantitative estimate of drug-likeness (QED) is 0.840. The first kappa shape index (κ1) is 13.5. The van der Waals surface area contributed by atoms with Crippen molar-refractivity contribution in [3.8, 4) is 5.75 Å². The molecule has 0 aliphatic rings. The highest BCUT2D eigenvalue weighted by molar-refractivity contribution is 7.89. The van der Waals surface area contributed by atoms with Crippen molar-refractivity contribution in [3.63, 3.8) is 0 Å². The van der Waals surface area contributed by atoms with Crippen LogP contribution in [0.15, 0.2) is 48.8 Å². The average molecular weight is 277 g/mol. The lowest BCUT2D eigenvalue weighted by Gasteiger charge is -2.10. The van der Waals surface area contributed by atoms with Gasteiger partial charge in [0.1, 0.15) is 12.4 Å². The maximum atomic E-state index is 11.3. The van der Waals surface area contributed by atoms with Crippen molar-refractivity contribution in [2.45, 2.75) is 12.4 Å². The zero-order valence-electron chi connectivity index (χ0n) is 10.6. The van der Waals surface area contributed by atoms with Crippen molar-refractivity contribution in [1.29, 1.82) is 0 Å². The maximum Gasteiger partial charge on any atom is 0.151 e. The molecule has 0 fully saturated rings. The van der Waals surface area contributed by atoms with Crippen LogP contribution in [0.2, 0.25) is 0 Å². The zero-order chi connectivity index (χ0) is 13.7. The van der Waals surface area contributed by atoms with Crippen molar-refractivity contribution in [1.82, 2.24) is 4.98 Å². The molecule has 0 saturated carbocycles. The number of aromatic nitrogens is 1. The van der Waals surface area contributed by atoms with Crippen LogP contribution >= 0.6 is 0 Å². The summed E-state index contributed by atoms with van der Waals surface area (Å²) < 4.78 is 28.4. The Balaban J connectivity index is 2.12. The Kier molecular flexibility index (Phi) is 4.16. The molecule has 0 bridgehead atoms. The van der Waals surface area contributed by atoms with Gasteiger partial charge in [0.25, 0.3) is 0 Å². The van der Waals surface area contributed by atoms with Gasteiger partial charge in [0.15, 0.2) is 9.84 Å². The molecule has 0 aliphatic heterocycles. The third kappa shape index (κ3) is 4.37. The fourth-order valence-corrected chi connectivity index (χ4v) is 2.46. The summed E-state index contributed by atoms with van der Waals surface area (Å²) in [4.78, 5) is 3.94. The Morgan fingerprint density at radius 1 is 1.16 bits per heavy atom. The molecule has 0 aliphatic carbocycles. The van der Waals surface area contributed by atoms with E-state index in [0.29, 0.717) is 17.9 Å². The van der Waals surface area contributed by atoms with Crippen LogP contribution in [-0.4, -0.2) is 19.7 Å². The highest BCUT2D eigenvalue weighted by Gasteiger charge is 2.10. The molecule has 19 heavy (non-hydrogen) atoms. The van der Waals surface area contributed by atoms with Gasteiger partial charge in [-0.05, 0) is 11.6 Å². The van der Waals surface area contributed by atoms with Gasteiger partial charge in [0, 0.05) is 24.2 Å². The number of hydrogen-bond donors (Lipinski definition) is 0. The highest BCUT2D eigenvalue weighted by Crippen LogP contribution is 2.20. The summed E-state index contributed by atoms with van der Waals surface area (Å²) in [6, 6.07) is 11.4. The molecule has 0 radical (unpaired) electrons. The summed E-state index contributed by atoms with van der Waals surface area (Å²) in [5.41, 5.74) is 1.62. The number of hydrogen-bond acceptors (Lipinski definition) is 4. The molecule has 5 heteroatoms. The van der Waals surface area contributed by atoms with E-state index in [4.69, 9.17) is 4.74 Å². The van der Waals surface area contributed by atoms with E-state index >= 15 is 0 Å². The minimum atomic E-state index is -3.10. The van der Waals surface area contributed by atoms with Gasteiger partial charge >= 0.3 is 0 Å². The first-order valence-electron chi connectivity index (χ1n) is 5.82. The van der Waals surface area contributed by atoms with E-state index < -0.39 is 9.84 Å². The van der Waals surface area contributed by atoms with Crippen molar-refractivity contribution < 1.29 is 13.2 Å². The average Bonchev–Trinajstić information content (AvgIpc) is 2.37. The van der Waals surface area contributed by atoms with Gasteiger partial charge < -0.3 is 4.74 Å². The third-order valence-corrected chi connectivity index (χ3v) is 3.35. The van der Waals surface area contributed by atoms with Crippen molar-refractivity contribution in [2.24, 2.45) is 0 Å². The first-order valence-corrected chi connectivity index (χ1v) is 7.88. The second kappa shape index (κ2) is 5.84. The first-order chi connectivity index (χ1) is 9.04. The Bertz CT molecular complexity index is 639. The van der Waals surface area contributed by atoms with Gasteiger partial charge in [-0.2, -0.15) is 0 Å². The smallest absolute Gasteiger partial charge is 0.151 e. The van der Waals surface area contributed by atoms with Crippen molar-refractivity contribution >= 4 is 9.84 Å².